The molecule has 26 heavy (non-hydrogen) atoms. The summed E-state index contributed by atoms with van der Waals surface area (Å²) in [5, 5.41) is 2.83. The van der Waals surface area contributed by atoms with Crippen LogP contribution in [0.4, 0.5) is 0 Å². The molecule has 0 saturated carbocycles. The lowest BCUT2D eigenvalue weighted by Crippen LogP contribution is -2.41. The summed E-state index contributed by atoms with van der Waals surface area (Å²) < 4.78 is 31.0. The zero-order valence-corrected chi connectivity index (χ0v) is 15.8. The molecule has 2 heterocycles. The molecule has 2 rings (SSSR count). The molecule has 144 valence electrons. The van der Waals surface area contributed by atoms with Gasteiger partial charge in [0.1, 0.15) is 0 Å². The van der Waals surface area contributed by atoms with E-state index in [9.17, 15) is 13.2 Å². The van der Waals surface area contributed by atoms with Crippen LogP contribution in [0.3, 0.4) is 0 Å². The van der Waals surface area contributed by atoms with Crippen molar-refractivity contribution in [3.8, 4) is 0 Å². The molecule has 1 aromatic rings. The Morgan fingerprint density at radius 3 is 2.73 bits per heavy atom. The lowest BCUT2D eigenvalue weighted by atomic mass is 10.2. The van der Waals surface area contributed by atoms with Crippen molar-refractivity contribution < 1.29 is 17.9 Å². The molecule has 8 heteroatoms. The lowest BCUT2D eigenvalue weighted by Gasteiger charge is -2.25. The number of hydrogen-bond donors (Lipinski definition) is 1. The fourth-order valence-corrected chi connectivity index (χ4v) is 4.17. The number of aromatic nitrogens is 1. The Hall–Kier alpha value is -1.77. The molecule has 0 radical (unpaired) electrons. The van der Waals surface area contributed by atoms with E-state index < -0.39 is 10.0 Å². The zero-order valence-electron chi connectivity index (χ0n) is 15.0. The van der Waals surface area contributed by atoms with Gasteiger partial charge < -0.3 is 10.1 Å². The molecule has 1 amide bonds. The maximum absolute atomic E-state index is 12.2. The van der Waals surface area contributed by atoms with Gasteiger partial charge in [0.05, 0.1) is 19.0 Å². The fourth-order valence-electron chi connectivity index (χ4n) is 2.63. The van der Waals surface area contributed by atoms with Crippen LogP contribution in [-0.2, 0) is 19.6 Å². The molecule has 0 atom stereocenters. The normalized spacial score (nSPS) is 16.0. The Kier molecular flexibility index (Phi) is 8.73. The molecule has 0 aliphatic carbocycles. The summed E-state index contributed by atoms with van der Waals surface area (Å²) in [7, 11) is -3.15. The molecule has 1 aliphatic rings. The lowest BCUT2D eigenvalue weighted by molar-refractivity contribution is -0.116. The van der Waals surface area contributed by atoms with Gasteiger partial charge in [0.2, 0.25) is 15.9 Å². The van der Waals surface area contributed by atoms with Crippen LogP contribution in [0.25, 0.3) is 6.08 Å². The highest BCUT2D eigenvalue weighted by molar-refractivity contribution is 7.89. The monoisotopic (exact) mass is 381 g/mol. The first-order valence-electron chi connectivity index (χ1n) is 8.99. The summed E-state index contributed by atoms with van der Waals surface area (Å²) in [4.78, 5) is 15.7. The summed E-state index contributed by atoms with van der Waals surface area (Å²) in [6.07, 6.45) is 9.80. The minimum absolute atomic E-state index is 0.135. The molecule has 0 aromatic carbocycles. The van der Waals surface area contributed by atoms with Crippen molar-refractivity contribution in [2.24, 2.45) is 0 Å². The van der Waals surface area contributed by atoms with E-state index in [1.165, 1.54) is 10.4 Å². The molecule has 1 N–H and O–H groups in total. The van der Waals surface area contributed by atoms with Crippen LogP contribution in [0.5, 0.6) is 0 Å². The highest BCUT2D eigenvalue weighted by atomic mass is 32.2. The van der Waals surface area contributed by atoms with Crippen LogP contribution < -0.4 is 5.32 Å². The maximum atomic E-state index is 12.2. The van der Waals surface area contributed by atoms with Crippen molar-refractivity contribution in [3.63, 3.8) is 0 Å². The SMILES string of the molecule is O=C(C=Cc1cccnc1)NCCCCCCS(=O)(=O)N1CCOCC1. The van der Waals surface area contributed by atoms with Crippen LogP contribution in [0.2, 0.25) is 0 Å². The number of carbonyl (C=O) groups is 1. The topological polar surface area (TPSA) is 88.6 Å². The third-order valence-corrected chi connectivity index (χ3v) is 6.06. The number of hydrogen-bond acceptors (Lipinski definition) is 5. The summed E-state index contributed by atoms with van der Waals surface area (Å²) in [5.74, 6) is 0.0523. The van der Waals surface area contributed by atoms with Gasteiger partial charge in [-0.25, -0.2) is 8.42 Å². The third-order valence-electron chi connectivity index (χ3n) is 4.10. The van der Waals surface area contributed by atoms with E-state index in [0.29, 0.717) is 39.3 Å². The van der Waals surface area contributed by atoms with Crippen molar-refractivity contribution in [2.75, 3.05) is 38.6 Å². The number of unbranched alkanes of at least 4 members (excludes halogenated alkanes) is 3. The summed E-state index contributed by atoms with van der Waals surface area (Å²) in [5.41, 5.74) is 0.879. The highest BCUT2D eigenvalue weighted by Gasteiger charge is 2.23. The van der Waals surface area contributed by atoms with Crippen molar-refractivity contribution >= 4 is 22.0 Å². The number of pyridine rings is 1. The molecule has 7 nitrogen and oxygen atoms in total. The van der Waals surface area contributed by atoms with Crippen molar-refractivity contribution in [1.29, 1.82) is 0 Å². The second kappa shape index (κ2) is 11.1. The van der Waals surface area contributed by atoms with Gasteiger partial charge in [-0.2, -0.15) is 4.31 Å². The molecule has 0 bridgehead atoms. The number of sulfonamides is 1. The van der Waals surface area contributed by atoms with E-state index >= 15 is 0 Å². The quantitative estimate of drug-likeness (QED) is 0.489. The summed E-state index contributed by atoms with van der Waals surface area (Å²) in [6.45, 7) is 2.47. The van der Waals surface area contributed by atoms with Gasteiger partial charge in [-0.15, -0.1) is 0 Å². The first-order valence-corrected chi connectivity index (χ1v) is 10.6. The van der Waals surface area contributed by atoms with Gasteiger partial charge in [-0.3, -0.25) is 9.78 Å². The summed E-state index contributed by atoms with van der Waals surface area (Å²) in [6, 6.07) is 3.69. The smallest absolute Gasteiger partial charge is 0.243 e. The fraction of sp³-hybridized carbons (Fsp3) is 0.556. The van der Waals surface area contributed by atoms with Gasteiger partial charge in [0.15, 0.2) is 0 Å². The molecule has 1 aromatic heterocycles. The first-order chi connectivity index (χ1) is 12.6. The molecule has 0 spiro atoms. The van der Waals surface area contributed by atoms with Gasteiger partial charge in [0, 0.05) is 38.1 Å². The third kappa shape index (κ3) is 7.63. The number of morpholine rings is 1. The number of carbonyl (C=O) groups excluding carboxylic acids is 1. The van der Waals surface area contributed by atoms with Crippen molar-refractivity contribution in [1.82, 2.24) is 14.6 Å². The average Bonchev–Trinajstić information content (AvgIpc) is 2.67. The minimum Gasteiger partial charge on any atom is -0.379 e. The molecular formula is C18H27N3O4S. The summed E-state index contributed by atoms with van der Waals surface area (Å²) >= 11 is 0. The number of nitrogens with one attached hydrogen (secondary N) is 1. The molecule has 1 fully saturated rings. The van der Waals surface area contributed by atoms with Crippen molar-refractivity contribution in [2.45, 2.75) is 25.7 Å². The second-order valence-corrected chi connectivity index (χ2v) is 8.24. The van der Waals surface area contributed by atoms with Gasteiger partial charge >= 0.3 is 0 Å². The van der Waals surface area contributed by atoms with Gasteiger partial charge in [-0.1, -0.05) is 18.9 Å². The van der Waals surface area contributed by atoms with Crippen molar-refractivity contribution in [3.05, 3.63) is 36.2 Å². The molecule has 1 aliphatic heterocycles. The van der Waals surface area contributed by atoms with Crippen LogP contribution >= 0.6 is 0 Å². The number of nitrogens with zero attached hydrogens (tertiary/aromatic N) is 2. The van der Waals surface area contributed by atoms with Crippen LogP contribution in [0.15, 0.2) is 30.6 Å². The maximum Gasteiger partial charge on any atom is 0.243 e. The Morgan fingerprint density at radius 2 is 2.00 bits per heavy atom. The standard InChI is InChI=1S/C18H27N3O4S/c22-18(8-7-17-6-5-9-19-16-17)20-10-3-1-2-4-15-26(23,24)21-11-13-25-14-12-21/h5-9,16H,1-4,10-15H2,(H,20,22). The Morgan fingerprint density at radius 1 is 1.23 bits per heavy atom. The largest absolute Gasteiger partial charge is 0.379 e. The average molecular weight is 381 g/mol. The number of amides is 1. The predicted molar refractivity (Wildman–Crippen MR) is 101 cm³/mol. The van der Waals surface area contributed by atoms with E-state index in [1.54, 1.807) is 18.5 Å². The first kappa shape index (κ1) is 20.5. The molecular weight excluding hydrogens is 354 g/mol. The van der Waals surface area contributed by atoms with E-state index in [0.717, 1.165) is 24.8 Å². The Labute approximate surface area is 155 Å². The van der Waals surface area contributed by atoms with E-state index in [-0.39, 0.29) is 11.7 Å². The number of ether oxygens (including phenoxy) is 1. The van der Waals surface area contributed by atoms with E-state index in [2.05, 4.69) is 10.3 Å². The van der Waals surface area contributed by atoms with E-state index in [4.69, 9.17) is 4.74 Å². The Balaban J connectivity index is 1.52. The highest BCUT2D eigenvalue weighted by Crippen LogP contribution is 2.09. The van der Waals surface area contributed by atoms with Crippen LogP contribution in [0, 0.1) is 0 Å². The van der Waals surface area contributed by atoms with E-state index in [1.807, 2.05) is 12.1 Å². The second-order valence-electron chi connectivity index (χ2n) is 6.15. The van der Waals surface area contributed by atoms with Crippen LogP contribution in [0.1, 0.15) is 31.2 Å². The Bertz CT molecular complexity index is 671. The van der Waals surface area contributed by atoms with Gasteiger partial charge in [0.25, 0.3) is 0 Å². The minimum atomic E-state index is -3.15. The predicted octanol–water partition coefficient (Wildman–Crippen LogP) is 1.43. The molecule has 0 unspecified atom stereocenters. The van der Waals surface area contributed by atoms with Gasteiger partial charge in [-0.05, 0) is 30.5 Å². The zero-order chi connectivity index (χ0) is 18.7. The van der Waals surface area contributed by atoms with Crippen LogP contribution in [-0.4, -0.2) is 62.2 Å². The number of rotatable bonds is 10. The molecule has 1 saturated heterocycles.